The molecule has 0 saturated carbocycles. The van der Waals surface area contributed by atoms with Crippen molar-refractivity contribution >= 4 is 5.82 Å². The summed E-state index contributed by atoms with van der Waals surface area (Å²) in [7, 11) is 0. The van der Waals surface area contributed by atoms with E-state index < -0.39 is 0 Å². The maximum Gasteiger partial charge on any atom is 0.149 e. The molecule has 0 spiro atoms. The fraction of sp³-hybridized carbons (Fsp3) is 0.471. The molecule has 3 heteroatoms. The molecule has 3 nitrogen and oxygen atoms in total. The molecule has 0 fully saturated rings. The maximum atomic E-state index is 6.13. The van der Waals surface area contributed by atoms with Gasteiger partial charge in [0.25, 0.3) is 0 Å². The molecule has 106 valence electrons. The van der Waals surface area contributed by atoms with Crippen molar-refractivity contribution in [2.45, 2.75) is 51.9 Å². The van der Waals surface area contributed by atoms with E-state index in [2.05, 4.69) is 54.8 Å². The molecule has 1 aliphatic carbocycles. The van der Waals surface area contributed by atoms with Gasteiger partial charge in [0.05, 0.1) is 5.69 Å². The summed E-state index contributed by atoms with van der Waals surface area (Å²) in [6.07, 6.45) is 4.61. The Kier molecular flexibility index (Phi) is 3.08. The van der Waals surface area contributed by atoms with Crippen LogP contribution in [-0.4, -0.2) is 9.78 Å². The van der Waals surface area contributed by atoms with Crippen LogP contribution >= 0.6 is 0 Å². The minimum atomic E-state index is 0.0961. The topological polar surface area (TPSA) is 43.8 Å². The summed E-state index contributed by atoms with van der Waals surface area (Å²) >= 11 is 0. The Morgan fingerprint density at radius 1 is 1.10 bits per heavy atom. The minimum absolute atomic E-state index is 0.0961. The molecule has 0 unspecified atom stereocenters. The van der Waals surface area contributed by atoms with Gasteiger partial charge in [0.1, 0.15) is 5.82 Å². The normalized spacial score (nSPS) is 15.2. The molecule has 0 atom stereocenters. The van der Waals surface area contributed by atoms with Crippen LogP contribution in [0.3, 0.4) is 0 Å². The second-order valence-corrected chi connectivity index (χ2v) is 6.70. The van der Waals surface area contributed by atoms with E-state index in [-0.39, 0.29) is 5.41 Å². The molecule has 0 aliphatic heterocycles. The fourth-order valence-corrected chi connectivity index (χ4v) is 3.12. The monoisotopic (exact) mass is 269 g/mol. The third-order valence-electron chi connectivity index (χ3n) is 4.15. The molecule has 0 radical (unpaired) electrons. The van der Waals surface area contributed by atoms with E-state index in [1.807, 2.05) is 0 Å². The lowest BCUT2D eigenvalue weighted by Gasteiger charge is -2.24. The highest BCUT2D eigenvalue weighted by atomic mass is 15.3. The van der Waals surface area contributed by atoms with Gasteiger partial charge in [0.2, 0.25) is 0 Å². The van der Waals surface area contributed by atoms with Gasteiger partial charge in [-0.1, -0.05) is 39.0 Å². The second kappa shape index (κ2) is 4.65. The molecule has 1 heterocycles. The number of nitrogens with two attached hydrogens (primary N) is 1. The van der Waals surface area contributed by atoms with Gasteiger partial charge >= 0.3 is 0 Å². The van der Waals surface area contributed by atoms with Crippen molar-refractivity contribution in [1.29, 1.82) is 0 Å². The van der Waals surface area contributed by atoms with Crippen LogP contribution in [0.5, 0.6) is 0 Å². The minimum Gasteiger partial charge on any atom is -0.382 e. The van der Waals surface area contributed by atoms with Crippen molar-refractivity contribution in [3.63, 3.8) is 0 Å². The van der Waals surface area contributed by atoms with Crippen LogP contribution in [0.15, 0.2) is 24.3 Å². The Labute approximate surface area is 120 Å². The smallest absolute Gasteiger partial charge is 0.149 e. The summed E-state index contributed by atoms with van der Waals surface area (Å²) in [4.78, 5) is 0. The number of nitrogens with zero attached hydrogens (tertiary/aromatic N) is 2. The van der Waals surface area contributed by atoms with Crippen LogP contribution in [0.25, 0.3) is 5.69 Å². The fourth-order valence-electron chi connectivity index (χ4n) is 3.12. The van der Waals surface area contributed by atoms with Gasteiger partial charge in [0, 0.05) is 11.3 Å². The van der Waals surface area contributed by atoms with Gasteiger partial charge in [0.15, 0.2) is 0 Å². The highest BCUT2D eigenvalue weighted by Crippen LogP contribution is 2.33. The van der Waals surface area contributed by atoms with E-state index in [9.17, 15) is 0 Å². The van der Waals surface area contributed by atoms with Crippen LogP contribution in [-0.2, 0) is 18.3 Å². The Balaban J connectivity index is 2.20. The van der Waals surface area contributed by atoms with Crippen molar-refractivity contribution < 1.29 is 0 Å². The van der Waals surface area contributed by atoms with Gasteiger partial charge in [-0.2, -0.15) is 5.10 Å². The molecule has 1 aliphatic rings. The van der Waals surface area contributed by atoms with Crippen LogP contribution < -0.4 is 5.73 Å². The van der Waals surface area contributed by atoms with E-state index in [0.717, 1.165) is 12.8 Å². The first-order valence-corrected chi connectivity index (χ1v) is 7.44. The van der Waals surface area contributed by atoms with Crippen molar-refractivity contribution in [3.05, 3.63) is 41.1 Å². The summed E-state index contributed by atoms with van der Waals surface area (Å²) in [6, 6.07) is 8.53. The second-order valence-electron chi connectivity index (χ2n) is 6.70. The lowest BCUT2D eigenvalue weighted by molar-refractivity contribution is 0.578. The standard InChI is InChI=1S/C17H23N3/c1-17(2,3)13-9-5-7-11-15(13)20-14-10-6-4-8-12(14)16(18)19-20/h5,7,9,11H,4,6,8,10H2,1-3H3,(H2,18,19). The third-order valence-corrected chi connectivity index (χ3v) is 4.15. The zero-order valence-corrected chi connectivity index (χ0v) is 12.6. The zero-order valence-electron chi connectivity index (χ0n) is 12.6. The van der Waals surface area contributed by atoms with Crippen LogP contribution in [0.4, 0.5) is 5.82 Å². The number of nitrogen functional groups attached to an aromatic ring is 1. The summed E-state index contributed by atoms with van der Waals surface area (Å²) in [5.41, 5.74) is 11.3. The summed E-state index contributed by atoms with van der Waals surface area (Å²) in [5, 5.41) is 4.63. The first kappa shape index (κ1) is 13.2. The Hall–Kier alpha value is -1.77. The lowest BCUT2D eigenvalue weighted by Crippen LogP contribution is -2.17. The first-order chi connectivity index (χ1) is 9.48. The quantitative estimate of drug-likeness (QED) is 0.859. The molecule has 0 amide bonds. The molecular weight excluding hydrogens is 246 g/mol. The van der Waals surface area contributed by atoms with E-state index in [1.165, 1.54) is 35.3 Å². The zero-order chi connectivity index (χ0) is 14.3. The van der Waals surface area contributed by atoms with Crippen LogP contribution in [0.2, 0.25) is 0 Å². The summed E-state index contributed by atoms with van der Waals surface area (Å²) < 4.78 is 2.09. The maximum absolute atomic E-state index is 6.13. The van der Waals surface area contributed by atoms with Gasteiger partial charge in [-0.25, -0.2) is 4.68 Å². The number of para-hydroxylation sites is 1. The van der Waals surface area contributed by atoms with Gasteiger partial charge in [-0.05, 0) is 42.7 Å². The highest BCUT2D eigenvalue weighted by Gasteiger charge is 2.24. The van der Waals surface area contributed by atoms with Crippen molar-refractivity contribution in [2.24, 2.45) is 0 Å². The number of hydrogen-bond donors (Lipinski definition) is 1. The Morgan fingerprint density at radius 2 is 1.80 bits per heavy atom. The molecule has 0 bridgehead atoms. The third kappa shape index (κ3) is 2.11. The SMILES string of the molecule is CC(C)(C)c1ccccc1-n1nc(N)c2c1CCCC2. The average molecular weight is 269 g/mol. The average Bonchev–Trinajstić information content (AvgIpc) is 2.76. The van der Waals surface area contributed by atoms with E-state index >= 15 is 0 Å². The molecule has 1 aromatic carbocycles. The molecule has 3 rings (SSSR count). The number of benzene rings is 1. The molecule has 2 aromatic rings. The van der Waals surface area contributed by atoms with E-state index in [1.54, 1.807) is 0 Å². The predicted octanol–water partition coefficient (Wildman–Crippen LogP) is 3.63. The van der Waals surface area contributed by atoms with Gasteiger partial charge in [-0.15, -0.1) is 0 Å². The molecule has 2 N–H and O–H groups in total. The Morgan fingerprint density at radius 3 is 2.55 bits per heavy atom. The predicted molar refractivity (Wildman–Crippen MR) is 83.3 cm³/mol. The van der Waals surface area contributed by atoms with Crippen molar-refractivity contribution in [2.75, 3.05) is 5.73 Å². The largest absolute Gasteiger partial charge is 0.382 e. The van der Waals surface area contributed by atoms with E-state index in [4.69, 9.17) is 5.73 Å². The van der Waals surface area contributed by atoms with Crippen LogP contribution in [0, 0.1) is 0 Å². The van der Waals surface area contributed by atoms with Crippen LogP contribution in [0.1, 0.15) is 50.4 Å². The number of rotatable bonds is 1. The summed E-state index contributed by atoms with van der Waals surface area (Å²) in [5.74, 6) is 0.711. The van der Waals surface area contributed by atoms with Gasteiger partial charge in [-0.3, -0.25) is 0 Å². The molecule has 1 aromatic heterocycles. The first-order valence-electron chi connectivity index (χ1n) is 7.44. The number of fused-ring (bicyclic) bond motifs is 1. The van der Waals surface area contributed by atoms with E-state index in [0.29, 0.717) is 5.82 Å². The van der Waals surface area contributed by atoms with Crippen molar-refractivity contribution in [1.82, 2.24) is 9.78 Å². The van der Waals surface area contributed by atoms with Crippen molar-refractivity contribution in [3.8, 4) is 5.69 Å². The number of hydrogen-bond acceptors (Lipinski definition) is 2. The Bertz CT molecular complexity index is 632. The number of aromatic nitrogens is 2. The lowest BCUT2D eigenvalue weighted by atomic mass is 9.85. The van der Waals surface area contributed by atoms with Gasteiger partial charge < -0.3 is 5.73 Å². The number of anilines is 1. The summed E-state index contributed by atoms with van der Waals surface area (Å²) in [6.45, 7) is 6.72. The molecular formula is C17H23N3. The molecule has 20 heavy (non-hydrogen) atoms. The highest BCUT2D eigenvalue weighted by molar-refractivity contribution is 5.52. The molecule has 0 saturated heterocycles.